The molecule has 1 N–H and O–H groups in total. The molecule has 3 aromatic rings. The zero-order chi connectivity index (χ0) is 23.0. The summed E-state index contributed by atoms with van der Waals surface area (Å²) in [5, 5.41) is 13.4. The number of aliphatic hydroxyl groups is 1. The van der Waals surface area contributed by atoms with Crippen molar-refractivity contribution in [3.63, 3.8) is 0 Å². The van der Waals surface area contributed by atoms with Gasteiger partial charge in [-0.25, -0.2) is 4.99 Å². The molecule has 0 unspecified atom stereocenters. The van der Waals surface area contributed by atoms with Crippen molar-refractivity contribution in [1.82, 2.24) is 9.80 Å². The van der Waals surface area contributed by atoms with Crippen molar-refractivity contribution in [2.45, 2.75) is 44.1 Å². The van der Waals surface area contributed by atoms with Gasteiger partial charge in [-0.1, -0.05) is 85.6 Å². The molecule has 0 amide bonds. The van der Waals surface area contributed by atoms with Crippen LogP contribution in [0.15, 0.2) is 102 Å². The van der Waals surface area contributed by atoms with Gasteiger partial charge in [0.05, 0.1) is 6.20 Å². The molecule has 4 nitrogen and oxygen atoms in total. The molecule has 2 aliphatic heterocycles. The largest absolute Gasteiger partial charge is 0.504 e. The van der Waals surface area contributed by atoms with E-state index in [-0.39, 0.29) is 11.2 Å². The highest BCUT2D eigenvalue weighted by Crippen LogP contribution is 2.47. The summed E-state index contributed by atoms with van der Waals surface area (Å²) in [5.74, 6) is 1.34. The van der Waals surface area contributed by atoms with E-state index in [2.05, 4.69) is 82.7 Å². The number of aliphatic imine (C=N–C) groups is 1. The van der Waals surface area contributed by atoms with Crippen LogP contribution >= 0.6 is 0 Å². The summed E-state index contributed by atoms with van der Waals surface area (Å²) in [6.07, 6.45) is 9.54. The number of aliphatic hydroxyl groups excluding tert-OH is 1. The maximum Gasteiger partial charge on any atom is 0.159 e. The third-order valence-corrected chi connectivity index (χ3v) is 7.76. The van der Waals surface area contributed by atoms with E-state index in [0.29, 0.717) is 0 Å². The van der Waals surface area contributed by atoms with Gasteiger partial charge >= 0.3 is 0 Å². The highest BCUT2D eigenvalue weighted by Gasteiger charge is 2.40. The van der Waals surface area contributed by atoms with E-state index in [1.165, 1.54) is 47.6 Å². The van der Waals surface area contributed by atoms with Crippen molar-refractivity contribution in [2.75, 3.05) is 13.1 Å². The van der Waals surface area contributed by atoms with Crippen molar-refractivity contribution >= 4 is 16.6 Å². The molecule has 6 rings (SSSR count). The van der Waals surface area contributed by atoms with Crippen LogP contribution in [0.4, 0.5) is 0 Å². The Morgan fingerprint density at radius 3 is 2.47 bits per heavy atom. The molecule has 172 valence electrons. The minimum Gasteiger partial charge on any atom is -0.504 e. The minimum absolute atomic E-state index is 0.0901. The first-order chi connectivity index (χ1) is 16.7. The number of hydrogen-bond acceptors (Lipinski definition) is 4. The van der Waals surface area contributed by atoms with Crippen molar-refractivity contribution in [3.8, 4) is 0 Å². The van der Waals surface area contributed by atoms with Crippen LogP contribution in [0.3, 0.4) is 0 Å². The summed E-state index contributed by atoms with van der Waals surface area (Å²) < 4.78 is 0. The summed E-state index contributed by atoms with van der Waals surface area (Å²) in [6.45, 7) is 2.59. The normalized spacial score (nSPS) is 19.5. The first-order valence-electron chi connectivity index (χ1n) is 12.4. The molecule has 0 spiro atoms. The summed E-state index contributed by atoms with van der Waals surface area (Å²) >= 11 is 0. The Hall–Kier alpha value is -3.53. The van der Waals surface area contributed by atoms with Gasteiger partial charge in [-0.3, -0.25) is 0 Å². The van der Waals surface area contributed by atoms with Gasteiger partial charge in [0.15, 0.2) is 5.76 Å². The standard InChI is InChI=1S/C30H31N3O/c34-28-20-31-29(33-18-17-32(22-27(28)33)21-23-9-2-1-3-10-23)19-30(15-6-7-16-30)26-14-8-12-24-11-4-5-13-25(24)26/h1-5,8-14,20,22,34H,6-7,15-19,21H2. The third-order valence-electron chi connectivity index (χ3n) is 7.76. The minimum atomic E-state index is 0.0901. The second-order valence-electron chi connectivity index (χ2n) is 9.87. The van der Waals surface area contributed by atoms with Gasteiger partial charge in [0.25, 0.3) is 0 Å². The molecule has 0 saturated heterocycles. The smallest absolute Gasteiger partial charge is 0.159 e. The lowest BCUT2D eigenvalue weighted by Crippen LogP contribution is -2.45. The van der Waals surface area contributed by atoms with Crippen LogP contribution < -0.4 is 0 Å². The first kappa shape index (κ1) is 21.0. The Kier molecular flexibility index (Phi) is 5.37. The molecule has 0 radical (unpaired) electrons. The van der Waals surface area contributed by atoms with Crippen LogP contribution in [-0.2, 0) is 12.0 Å². The highest BCUT2D eigenvalue weighted by atomic mass is 16.3. The fourth-order valence-electron chi connectivity index (χ4n) is 6.07. The zero-order valence-electron chi connectivity index (χ0n) is 19.5. The average molecular weight is 450 g/mol. The molecule has 4 heteroatoms. The molecular weight excluding hydrogens is 418 g/mol. The van der Waals surface area contributed by atoms with Gasteiger partial charge in [0.2, 0.25) is 0 Å². The van der Waals surface area contributed by atoms with Crippen molar-refractivity contribution in [1.29, 1.82) is 0 Å². The van der Waals surface area contributed by atoms with E-state index in [4.69, 9.17) is 4.99 Å². The molecule has 2 heterocycles. The van der Waals surface area contributed by atoms with Gasteiger partial charge in [0, 0.05) is 37.7 Å². The SMILES string of the molecule is OC1=CN=C(CC2(c3cccc4ccccc34)CCCC2)N2CCN(Cc3ccccc3)C=C12. The number of benzene rings is 3. The Bertz CT molecular complexity index is 1280. The quantitative estimate of drug-likeness (QED) is 0.482. The molecule has 0 aromatic heterocycles. The van der Waals surface area contributed by atoms with Gasteiger partial charge in [0.1, 0.15) is 11.5 Å². The number of nitrogens with zero attached hydrogens (tertiary/aromatic N) is 3. The Labute approximate surface area is 201 Å². The molecule has 0 bridgehead atoms. The number of rotatable bonds is 5. The Morgan fingerprint density at radius 1 is 0.853 bits per heavy atom. The fourth-order valence-corrected chi connectivity index (χ4v) is 6.07. The Morgan fingerprint density at radius 2 is 1.62 bits per heavy atom. The average Bonchev–Trinajstić information content (AvgIpc) is 3.36. The predicted molar refractivity (Wildman–Crippen MR) is 138 cm³/mol. The summed E-state index contributed by atoms with van der Waals surface area (Å²) in [6, 6.07) is 26.0. The van der Waals surface area contributed by atoms with Gasteiger partial charge in [-0.2, -0.15) is 0 Å². The highest BCUT2D eigenvalue weighted by molar-refractivity contribution is 5.91. The van der Waals surface area contributed by atoms with Gasteiger partial charge in [-0.05, 0) is 34.7 Å². The van der Waals surface area contributed by atoms with Crippen LogP contribution in [0.5, 0.6) is 0 Å². The monoisotopic (exact) mass is 449 g/mol. The van der Waals surface area contributed by atoms with Crippen molar-refractivity contribution in [2.24, 2.45) is 4.99 Å². The molecule has 34 heavy (non-hydrogen) atoms. The van der Waals surface area contributed by atoms with Gasteiger partial charge in [-0.15, -0.1) is 0 Å². The second-order valence-corrected chi connectivity index (χ2v) is 9.87. The lowest BCUT2D eigenvalue weighted by atomic mass is 9.73. The zero-order valence-corrected chi connectivity index (χ0v) is 19.5. The third kappa shape index (κ3) is 3.77. The molecule has 3 aliphatic rings. The summed E-state index contributed by atoms with van der Waals surface area (Å²) in [4.78, 5) is 9.34. The Balaban J connectivity index is 1.31. The van der Waals surface area contributed by atoms with E-state index in [1.54, 1.807) is 6.20 Å². The number of fused-ring (bicyclic) bond motifs is 2. The van der Waals surface area contributed by atoms with Crippen LogP contribution in [0.2, 0.25) is 0 Å². The second kappa shape index (κ2) is 8.68. The maximum absolute atomic E-state index is 10.7. The molecule has 3 aromatic carbocycles. The van der Waals surface area contributed by atoms with E-state index in [1.807, 2.05) is 6.07 Å². The molecular formula is C30H31N3O. The van der Waals surface area contributed by atoms with Crippen molar-refractivity contribution in [3.05, 3.63) is 108 Å². The topological polar surface area (TPSA) is 39.1 Å². The fraction of sp³-hybridized carbons (Fsp3) is 0.300. The van der Waals surface area contributed by atoms with E-state index < -0.39 is 0 Å². The molecule has 1 saturated carbocycles. The molecule has 0 atom stereocenters. The first-order valence-corrected chi connectivity index (χ1v) is 12.4. The maximum atomic E-state index is 10.7. The van der Waals surface area contributed by atoms with Crippen LogP contribution in [0, 0.1) is 0 Å². The number of amidine groups is 1. The van der Waals surface area contributed by atoms with E-state index in [9.17, 15) is 5.11 Å². The molecule has 1 fully saturated rings. The predicted octanol–water partition coefficient (Wildman–Crippen LogP) is 6.51. The number of hydrogen-bond donors (Lipinski definition) is 1. The molecule has 1 aliphatic carbocycles. The van der Waals surface area contributed by atoms with Crippen LogP contribution in [-0.4, -0.2) is 33.8 Å². The lowest BCUT2D eigenvalue weighted by molar-refractivity contribution is 0.267. The van der Waals surface area contributed by atoms with Crippen molar-refractivity contribution < 1.29 is 5.11 Å². The summed E-state index contributed by atoms with van der Waals surface area (Å²) in [5.41, 5.74) is 3.70. The van der Waals surface area contributed by atoms with Gasteiger partial charge < -0.3 is 14.9 Å². The van der Waals surface area contributed by atoms with Crippen LogP contribution in [0.1, 0.15) is 43.2 Å². The summed E-state index contributed by atoms with van der Waals surface area (Å²) in [7, 11) is 0. The lowest BCUT2D eigenvalue weighted by Gasteiger charge is -2.41. The van der Waals surface area contributed by atoms with E-state index in [0.717, 1.165) is 37.6 Å². The van der Waals surface area contributed by atoms with Crippen LogP contribution in [0.25, 0.3) is 10.8 Å². The van der Waals surface area contributed by atoms with E-state index >= 15 is 0 Å².